The van der Waals surface area contributed by atoms with E-state index in [2.05, 4.69) is 4.98 Å². The normalized spacial score (nSPS) is 15.6. The van der Waals surface area contributed by atoms with E-state index in [4.69, 9.17) is 0 Å². The maximum atomic E-state index is 12.8. The Bertz CT molecular complexity index is 928. The monoisotopic (exact) mass is 335 g/mol. The van der Waals surface area contributed by atoms with Gasteiger partial charge in [-0.15, -0.1) is 0 Å². The van der Waals surface area contributed by atoms with E-state index in [9.17, 15) is 9.59 Å². The third kappa shape index (κ3) is 3.22. The largest absolute Gasteiger partial charge is 0.337 e. The van der Waals surface area contributed by atoms with E-state index in [1.807, 2.05) is 51.9 Å². The van der Waals surface area contributed by atoms with Crippen LogP contribution >= 0.6 is 0 Å². The molecular weight excluding hydrogens is 314 g/mol. The molecule has 25 heavy (non-hydrogen) atoms. The molecule has 128 valence electrons. The van der Waals surface area contributed by atoms with E-state index in [0.29, 0.717) is 5.92 Å². The lowest BCUT2D eigenvalue weighted by Gasteiger charge is -2.32. The number of amides is 1. The van der Waals surface area contributed by atoms with Gasteiger partial charge in [0, 0.05) is 37.1 Å². The molecule has 3 aromatic heterocycles. The third-order valence-electron chi connectivity index (χ3n) is 5.06. The highest BCUT2D eigenvalue weighted by molar-refractivity contribution is 5.94. The van der Waals surface area contributed by atoms with Gasteiger partial charge in [-0.05, 0) is 55.0 Å². The van der Waals surface area contributed by atoms with Crippen LogP contribution in [0.3, 0.4) is 0 Å². The van der Waals surface area contributed by atoms with Gasteiger partial charge >= 0.3 is 0 Å². The lowest BCUT2D eigenvalue weighted by atomic mass is 9.90. The fourth-order valence-corrected chi connectivity index (χ4v) is 3.64. The summed E-state index contributed by atoms with van der Waals surface area (Å²) in [6, 6.07) is 13.3. The van der Waals surface area contributed by atoms with Crippen molar-refractivity contribution in [2.45, 2.75) is 19.3 Å². The molecule has 0 unspecified atom stereocenters. The molecule has 0 spiro atoms. The zero-order valence-corrected chi connectivity index (χ0v) is 14.0. The van der Waals surface area contributed by atoms with Crippen LogP contribution in [0.1, 0.15) is 28.9 Å². The number of pyridine rings is 2. The first-order valence-corrected chi connectivity index (χ1v) is 8.74. The number of H-pyrrole nitrogens is 1. The molecule has 1 N–H and O–H groups in total. The Balaban J connectivity index is 1.40. The fraction of sp³-hybridized carbons (Fsp3) is 0.300. The molecule has 1 fully saturated rings. The van der Waals surface area contributed by atoms with E-state index in [1.54, 1.807) is 12.3 Å². The average molecular weight is 335 g/mol. The van der Waals surface area contributed by atoms with Gasteiger partial charge in [-0.3, -0.25) is 9.59 Å². The minimum absolute atomic E-state index is 0.0661. The number of hydrogen-bond acceptors (Lipinski definition) is 2. The number of fused-ring (bicyclic) bond motifs is 1. The van der Waals surface area contributed by atoms with E-state index in [1.165, 1.54) is 0 Å². The Hall–Kier alpha value is -2.82. The van der Waals surface area contributed by atoms with Crippen molar-refractivity contribution in [2.24, 2.45) is 5.92 Å². The molecule has 5 nitrogen and oxygen atoms in total. The summed E-state index contributed by atoms with van der Waals surface area (Å²) in [5.41, 5.74) is 2.86. The summed E-state index contributed by atoms with van der Waals surface area (Å²) in [6.45, 7) is 1.57. The van der Waals surface area contributed by atoms with Crippen molar-refractivity contribution in [3.8, 4) is 0 Å². The van der Waals surface area contributed by atoms with Gasteiger partial charge in [0.2, 0.25) is 5.56 Å². The lowest BCUT2D eigenvalue weighted by Crippen LogP contribution is -2.39. The van der Waals surface area contributed by atoms with Gasteiger partial charge in [-0.1, -0.05) is 12.1 Å². The Morgan fingerprint density at radius 2 is 1.92 bits per heavy atom. The molecule has 0 atom stereocenters. The summed E-state index contributed by atoms with van der Waals surface area (Å²) in [7, 11) is 0. The first-order valence-electron chi connectivity index (χ1n) is 8.74. The minimum atomic E-state index is -0.0661. The van der Waals surface area contributed by atoms with Crippen LogP contribution in [0, 0.1) is 5.92 Å². The summed E-state index contributed by atoms with van der Waals surface area (Å²) in [5, 5.41) is 0. The summed E-state index contributed by atoms with van der Waals surface area (Å²) < 4.78 is 1.95. The molecule has 1 saturated heterocycles. The summed E-state index contributed by atoms with van der Waals surface area (Å²) >= 11 is 0. The number of hydrogen-bond donors (Lipinski definition) is 1. The number of likely N-dealkylation sites (tertiary alicyclic amines) is 1. The molecule has 0 aliphatic carbocycles. The maximum Gasteiger partial charge on any atom is 0.270 e. The molecule has 3 aromatic rings. The van der Waals surface area contributed by atoms with Gasteiger partial charge in [-0.25, -0.2) is 0 Å². The van der Waals surface area contributed by atoms with Crippen LogP contribution in [-0.4, -0.2) is 33.3 Å². The number of nitrogens with zero attached hydrogens (tertiary/aromatic N) is 2. The van der Waals surface area contributed by atoms with Crippen LogP contribution in [0.2, 0.25) is 0 Å². The molecular formula is C20H21N3O2. The Kier molecular flexibility index (Phi) is 4.14. The SMILES string of the molecule is O=C(c1ccc2ccccn12)N1CCC(Cc2ccc(=O)[nH]c2)CC1. The predicted molar refractivity (Wildman–Crippen MR) is 96.8 cm³/mol. The summed E-state index contributed by atoms with van der Waals surface area (Å²) in [5.74, 6) is 0.660. The summed E-state index contributed by atoms with van der Waals surface area (Å²) in [4.78, 5) is 28.7. The second kappa shape index (κ2) is 6.59. The molecule has 5 heteroatoms. The quantitative estimate of drug-likeness (QED) is 0.800. The van der Waals surface area contributed by atoms with Crippen molar-refractivity contribution in [1.82, 2.24) is 14.3 Å². The van der Waals surface area contributed by atoms with Crippen molar-refractivity contribution in [1.29, 1.82) is 0 Å². The van der Waals surface area contributed by atoms with Crippen LogP contribution in [0.15, 0.2) is 59.7 Å². The van der Waals surface area contributed by atoms with Crippen LogP contribution in [0.4, 0.5) is 0 Å². The number of nitrogens with one attached hydrogen (secondary N) is 1. The van der Waals surface area contributed by atoms with Crippen LogP contribution < -0.4 is 5.56 Å². The van der Waals surface area contributed by atoms with Crippen LogP contribution in [0.5, 0.6) is 0 Å². The second-order valence-electron chi connectivity index (χ2n) is 6.71. The summed E-state index contributed by atoms with van der Waals surface area (Å²) in [6.07, 6.45) is 6.67. The Labute approximate surface area is 145 Å². The molecule has 4 rings (SSSR count). The van der Waals surface area contributed by atoms with Crippen LogP contribution in [-0.2, 0) is 6.42 Å². The maximum absolute atomic E-state index is 12.8. The highest BCUT2D eigenvalue weighted by Gasteiger charge is 2.25. The number of piperidine rings is 1. The third-order valence-corrected chi connectivity index (χ3v) is 5.06. The zero-order valence-electron chi connectivity index (χ0n) is 14.0. The standard InChI is InChI=1S/C20H21N3O2/c24-19-7-4-16(14-21-19)13-15-8-11-22(12-9-15)20(25)18-6-5-17-3-1-2-10-23(17)18/h1-7,10,14-15H,8-9,11-13H2,(H,21,24). The molecule has 4 heterocycles. The number of aromatic nitrogens is 2. The average Bonchev–Trinajstić information content (AvgIpc) is 3.08. The molecule has 1 aliphatic heterocycles. The van der Waals surface area contributed by atoms with Gasteiger partial charge in [0.15, 0.2) is 0 Å². The molecule has 0 bridgehead atoms. The van der Waals surface area contributed by atoms with Crippen LogP contribution in [0.25, 0.3) is 5.52 Å². The molecule has 0 radical (unpaired) electrons. The van der Waals surface area contributed by atoms with Gasteiger partial charge in [0.1, 0.15) is 5.69 Å². The number of rotatable bonds is 3. The van der Waals surface area contributed by atoms with Gasteiger partial charge in [-0.2, -0.15) is 0 Å². The Morgan fingerprint density at radius 1 is 1.08 bits per heavy atom. The zero-order chi connectivity index (χ0) is 17.2. The minimum Gasteiger partial charge on any atom is -0.337 e. The van der Waals surface area contributed by atoms with Gasteiger partial charge in [0.25, 0.3) is 5.91 Å². The van der Waals surface area contributed by atoms with E-state index in [0.717, 1.165) is 49.1 Å². The first kappa shape index (κ1) is 15.7. The van der Waals surface area contributed by atoms with Gasteiger partial charge < -0.3 is 14.3 Å². The lowest BCUT2D eigenvalue weighted by molar-refractivity contribution is 0.0683. The van der Waals surface area contributed by atoms with E-state index >= 15 is 0 Å². The van der Waals surface area contributed by atoms with Crippen molar-refractivity contribution in [2.75, 3.05) is 13.1 Å². The van der Waals surface area contributed by atoms with Crippen molar-refractivity contribution in [3.63, 3.8) is 0 Å². The molecule has 1 aliphatic rings. The predicted octanol–water partition coefficient (Wildman–Crippen LogP) is 2.72. The first-order chi connectivity index (χ1) is 12.2. The number of carbonyl (C=O) groups excluding carboxylic acids is 1. The highest BCUT2D eigenvalue weighted by Crippen LogP contribution is 2.23. The molecule has 0 saturated carbocycles. The second-order valence-corrected chi connectivity index (χ2v) is 6.71. The highest BCUT2D eigenvalue weighted by atomic mass is 16.2. The smallest absolute Gasteiger partial charge is 0.270 e. The van der Waals surface area contributed by atoms with Crippen molar-refractivity contribution < 1.29 is 4.79 Å². The van der Waals surface area contributed by atoms with Crippen molar-refractivity contribution >= 4 is 11.4 Å². The molecule has 0 aromatic carbocycles. The molecule has 1 amide bonds. The van der Waals surface area contributed by atoms with Gasteiger partial charge in [0.05, 0.1) is 0 Å². The van der Waals surface area contributed by atoms with Crippen molar-refractivity contribution in [3.05, 3.63) is 76.5 Å². The Morgan fingerprint density at radius 3 is 2.68 bits per heavy atom. The van der Waals surface area contributed by atoms with E-state index < -0.39 is 0 Å². The number of aromatic amines is 1. The topological polar surface area (TPSA) is 57.6 Å². The van der Waals surface area contributed by atoms with E-state index in [-0.39, 0.29) is 11.5 Å². The fourth-order valence-electron chi connectivity index (χ4n) is 3.64. The number of carbonyl (C=O) groups is 1.